The topological polar surface area (TPSA) is 12.0 Å². The molecule has 0 aliphatic rings. The van der Waals surface area contributed by atoms with Crippen molar-refractivity contribution in [3.05, 3.63) is 67.6 Å². The fraction of sp³-hybridized carbons (Fsp3) is 0.200. The third kappa shape index (κ3) is 5.52. The summed E-state index contributed by atoms with van der Waals surface area (Å²) in [6.07, 6.45) is 0.828. The van der Waals surface area contributed by atoms with Gasteiger partial charge in [0.2, 0.25) is 0 Å². The zero-order valence-corrected chi connectivity index (χ0v) is 14.8. The van der Waals surface area contributed by atoms with E-state index in [1.807, 2.05) is 24.3 Å². The highest BCUT2D eigenvalue weighted by molar-refractivity contribution is 6.42. The SMILES string of the molecule is Cl.Clc1ccc(CCNCc2cccc(Cl)c2Cl)c(Cl)c1. The van der Waals surface area contributed by atoms with E-state index < -0.39 is 0 Å². The molecule has 0 radical (unpaired) electrons. The Labute approximate surface area is 150 Å². The standard InChI is InChI=1S/C15H13Cl4N.ClH/c16-12-5-4-10(14(18)8-12)6-7-20-9-11-2-1-3-13(17)15(11)19;/h1-5,8,20H,6-7,9H2;1H. The summed E-state index contributed by atoms with van der Waals surface area (Å²) < 4.78 is 0. The number of benzene rings is 2. The van der Waals surface area contributed by atoms with E-state index in [4.69, 9.17) is 46.4 Å². The van der Waals surface area contributed by atoms with Crippen LogP contribution in [-0.2, 0) is 13.0 Å². The van der Waals surface area contributed by atoms with Crippen LogP contribution in [0.3, 0.4) is 0 Å². The van der Waals surface area contributed by atoms with Gasteiger partial charge in [-0.2, -0.15) is 0 Å². The highest BCUT2D eigenvalue weighted by atomic mass is 35.5. The smallest absolute Gasteiger partial charge is 0.0637 e. The Morgan fingerprint density at radius 3 is 2.33 bits per heavy atom. The van der Waals surface area contributed by atoms with Crippen molar-refractivity contribution in [1.29, 1.82) is 0 Å². The van der Waals surface area contributed by atoms with Gasteiger partial charge in [0, 0.05) is 16.6 Å². The van der Waals surface area contributed by atoms with Crippen molar-refractivity contribution in [2.24, 2.45) is 0 Å². The fourth-order valence-electron chi connectivity index (χ4n) is 1.86. The summed E-state index contributed by atoms with van der Waals surface area (Å²) in [7, 11) is 0. The van der Waals surface area contributed by atoms with Gasteiger partial charge >= 0.3 is 0 Å². The van der Waals surface area contributed by atoms with E-state index in [-0.39, 0.29) is 12.4 Å². The molecular weight excluding hydrogens is 371 g/mol. The number of hydrogen-bond acceptors (Lipinski definition) is 1. The summed E-state index contributed by atoms with van der Waals surface area (Å²) in [5.41, 5.74) is 2.06. The first kappa shape index (κ1) is 18.9. The fourth-order valence-corrected chi connectivity index (χ4v) is 2.75. The quantitative estimate of drug-likeness (QED) is 0.617. The molecule has 6 heteroatoms. The molecule has 0 bridgehead atoms. The molecule has 1 N–H and O–H groups in total. The Kier molecular flexibility index (Phi) is 8.18. The zero-order chi connectivity index (χ0) is 14.5. The average molecular weight is 386 g/mol. The minimum atomic E-state index is 0. The van der Waals surface area contributed by atoms with Crippen LogP contribution >= 0.6 is 58.8 Å². The molecular formula is C15H14Cl5N. The minimum absolute atomic E-state index is 0. The summed E-state index contributed by atoms with van der Waals surface area (Å²) in [5.74, 6) is 0. The van der Waals surface area contributed by atoms with E-state index in [9.17, 15) is 0 Å². The van der Waals surface area contributed by atoms with E-state index >= 15 is 0 Å². The van der Waals surface area contributed by atoms with Crippen molar-refractivity contribution in [1.82, 2.24) is 5.32 Å². The molecule has 114 valence electrons. The molecule has 2 aromatic carbocycles. The molecule has 21 heavy (non-hydrogen) atoms. The third-order valence-corrected chi connectivity index (χ3v) is 4.38. The second-order valence-corrected chi connectivity index (χ2v) is 6.00. The maximum absolute atomic E-state index is 6.12. The van der Waals surface area contributed by atoms with Crippen LogP contribution in [0.5, 0.6) is 0 Å². The van der Waals surface area contributed by atoms with Gasteiger partial charge in [0.05, 0.1) is 10.0 Å². The molecule has 0 aliphatic carbocycles. The summed E-state index contributed by atoms with van der Waals surface area (Å²) in [4.78, 5) is 0. The molecule has 0 aromatic heterocycles. The predicted molar refractivity (Wildman–Crippen MR) is 95.6 cm³/mol. The summed E-state index contributed by atoms with van der Waals surface area (Å²) in [6, 6.07) is 11.2. The summed E-state index contributed by atoms with van der Waals surface area (Å²) in [5, 5.41) is 5.85. The second kappa shape index (κ2) is 9.09. The lowest BCUT2D eigenvalue weighted by Gasteiger charge is -2.09. The Hall–Kier alpha value is -0.150. The average Bonchev–Trinajstić information content (AvgIpc) is 2.41. The molecule has 2 rings (SSSR count). The van der Waals surface area contributed by atoms with Crippen LogP contribution in [0.1, 0.15) is 11.1 Å². The Balaban J connectivity index is 0.00000220. The molecule has 0 amide bonds. The van der Waals surface area contributed by atoms with Crippen LogP contribution in [0.4, 0.5) is 0 Å². The van der Waals surface area contributed by atoms with Gasteiger partial charge < -0.3 is 5.32 Å². The van der Waals surface area contributed by atoms with Crippen LogP contribution in [0.2, 0.25) is 20.1 Å². The lowest BCUT2D eigenvalue weighted by Crippen LogP contribution is -2.17. The predicted octanol–water partition coefficient (Wildman–Crippen LogP) is 6.05. The van der Waals surface area contributed by atoms with Gasteiger partial charge in [-0.15, -0.1) is 12.4 Å². The third-order valence-electron chi connectivity index (χ3n) is 2.93. The van der Waals surface area contributed by atoms with Gasteiger partial charge in [-0.05, 0) is 42.3 Å². The van der Waals surface area contributed by atoms with Crippen LogP contribution in [0.25, 0.3) is 0 Å². The van der Waals surface area contributed by atoms with Gasteiger partial charge in [0.15, 0.2) is 0 Å². The molecule has 0 unspecified atom stereocenters. The molecule has 0 spiro atoms. The van der Waals surface area contributed by atoms with Crippen LogP contribution in [0.15, 0.2) is 36.4 Å². The number of nitrogens with one attached hydrogen (secondary N) is 1. The van der Waals surface area contributed by atoms with Crippen molar-refractivity contribution >= 4 is 58.8 Å². The molecule has 0 saturated heterocycles. The Morgan fingerprint density at radius 1 is 0.857 bits per heavy atom. The molecule has 0 heterocycles. The van der Waals surface area contributed by atoms with E-state index in [1.54, 1.807) is 12.1 Å². The van der Waals surface area contributed by atoms with E-state index in [1.165, 1.54) is 0 Å². The molecule has 2 aromatic rings. The number of halogens is 5. The van der Waals surface area contributed by atoms with Gasteiger partial charge in [-0.25, -0.2) is 0 Å². The molecule has 0 atom stereocenters. The van der Waals surface area contributed by atoms with Crippen LogP contribution in [0, 0.1) is 0 Å². The van der Waals surface area contributed by atoms with Crippen molar-refractivity contribution in [2.45, 2.75) is 13.0 Å². The van der Waals surface area contributed by atoms with Crippen molar-refractivity contribution in [3.63, 3.8) is 0 Å². The number of hydrogen-bond donors (Lipinski definition) is 1. The zero-order valence-electron chi connectivity index (χ0n) is 11.0. The first-order chi connectivity index (χ1) is 9.58. The summed E-state index contributed by atoms with van der Waals surface area (Å²) >= 11 is 24.1. The molecule has 0 fully saturated rings. The Morgan fingerprint density at radius 2 is 1.62 bits per heavy atom. The van der Waals surface area contributed by atoms with Gasteiger partial charge in [-0.3, -0.25) is 0 Å². The van der Waals surface area contributed by atoms with Crippen LogP contribution < -0.4 is 5.32 Å². The van der Waals surface area contributed by atoms with Gasteiger partial charge in [0.25, 0.3) is 0 Å². The van der Waals surface area contributed by atoms with E-state index in [2.05, 4.69) is 5.32 Å². The highest BCUT2D eigenvalue weighted by Gasteiger charge is 2.04. The second-order valence-electron chi connectivity index (χ2n) is 4.38. The largest absolute Gasteiger partial charge is 0.312 e. The van der Waals surface area contributed by atoms with Crippen molar-refractivity contribution < 1.29 is 0 Å². The normalized spacial score (nSPS) is 10.3. The number of rotatable bonds is 5. The van der Waals surface area contributed by atoms with Gasteiger partial charge in [-0.1, -0.05) is 64.6 Å². The first-order valence-electron chi connectivity index (χ1n) is 6.15. The van der Waals surface area contributed by atoms with E-state index in [0.29, 0.717) is 26.6 Å². The van der Waals surface area contributed by atoms with E-state index in [0.717, 1.165) is 24.1 Å². The Bertz CT molecular complexity index is 601. The first-order valence-corrected chi connectivity index (χ1v) is 7.66. The highest BCUT2D eigenvalue weighted by Crippen LogP contribution is 2.25. The molecule has 1 nitrogen and oxygen atoms in total. The molecule has 0 aliphatic heterocycles. The van der Waals surface area contributed by atoms with Gasteiger partial charge in [0.1, 0.15) is 0 Å². The lowest BCUT2D eigenvalue weighted by molar-refractivity contribution is 0.687. The van der Waals surface area contributed by atoms with Crippen molar-refractivity contribution in [2.75, 3.05) is 6.54 Å². The minimum Gasteiger partial charge on any atom is -0.312 e. The maximum atomic E-state index is 6.12. The monoisotopic (exact) mass is 383 g/mol. The molecule has 0 saturated carbocycles. The van der Waals surface area contributed by atoms with Crippen LogP contribution in [-0.4, -0.2) is 6.54 Å². The van der Waals surface area contributed by atoms with Crippen molar-refractivity contribution in [3.8, 4) is 0 Å². The maximum Gasteiger partial charge on any atom is 0.0637 e. The lowest BCUT2D eigenvalue weighted by atomic mass is 10.1. The summed E-state index contributed by atoms with van der Waals surface area (Å²) in [6.45, 7) is 1.47.